The van der Waals surface area contributed by atoms with Gasteiger partial charge in [0, 0.05) is 0 Å². The Morgan fingerprint density at radius 2 is 0.947 bits per heavy atom. The molecule has 0 aromatic carbocycles. The summed E-state index contributed by atoms with van der Waals surface area (Å²) < 4.78 is 0. The molecule has 116 valence electrons. The maximum absolute atomic E-state index is 10.3. The first-order valence-corrected chi connectivity index (χ1v) is 9.21. The molecule has 0 aliphatic rings. The lowest BCUT2D eigenvalue weighted by atomic mass is 10.0. The van der Waals surface area contributed by atoms with Gasteiger partial charge >= 0.3 is 0 Å². The van der Waals surface area contributed by atoms with Crippen LogP contribution in [0.25, 0.3) is 0 Å². The first kappa shape index (κ1) is 19.4. The van der Waals surface area contributed by atoms with Crippen LogP contribution in [0.3, 0.4) is 0 Å². The van der Waals surface area contributed by atoms with Gasteiger partial charge in [-0.2, -0.15) is 0 Å². The van der Waals surface area contributed by atoms with E-state index < -0.39 is 5.34 Å². The lowest BCUT2D eigenvalue weighted by molar-refractivity contribution is 0.109. The lowest BCUT2D eigenvalue weighted by Crippen LogP contribution is -2.19. The fourth-order valence-electron chi connectivity index (χ4n) is 2.55. The molecule has 0 fully saturated rings. The summed E-state index contributed by atoms with van der Waals surface area (Å²) in [6.07, 6.45) is 17.6. The molecule has 1 unspecified atom stereocenters. The number of hydrogen-bond donors (Lipinski definition) is 1. The highest BCUT2D eigenvalue weighted by molar-refractivity contribution is 7.18. The van der Waals surface area contributed by atoms with Crippen molar-refractivity contribution in [2.75, 3.05) is 0 Å². The van der Waals surface area contributed by atoms with Gasteiger partial charge in [0.2, 0.25) is 0 Å². The van der Waals surface area contributed by atoms with E-state index in [-0.39, 0.29) is 0 Å². The van der Waals surface area contributed by atoms with Crippen LogP contribution in [-0.4, -0.2) is 10.4 Å². The predicted octanol–water partition coefficient (Wildman–Crippen LogP) is 6.05. The quantitative estimate of drug-likeness (QED) is 0.304. The zero-order chi connectivity index (χ0) is 14.4. The fourth-order valence-corrected chi connectivity index (χ4v) is 2.96. The summed E-state index contributed by atoms with van der Waals surface area (Å²) in [5.41, 5.74) is 0. The number of hydrogen-bond acceptors (Lipinski definition) is 1. The maximum Gasteiger partial charge on any atom is 0.0778 e. The molecule has 0 rings (SSSR count). The van der Waals surface area contributed by atoms with E-state index in [9.17, 15) is 5.11 Å². The molecule has 1 N–H and O–H groups in total. The van der Waals surface area contributed by atoms with Crippen LogP contribution in [0.15, 0.2) is 0 Å². The van der Waals surface area contributed by atoms with Crippen LogP contribution in [0.2, 0.25) is 0 Å². The Kier molecular flexibility index (Phi) is 13.7. The van der Waals surface area contributed by atoms with E-state index in [1.54, 1.807) is 0 Å². The summed E-state index contributed by atoms with van der Waals surface area (Å²) in [5.74, 6) is 0. The van der Waals surface area contributed by atoms with Gasteiger partial charge in [0.05, 0.1) is 5.34 Å². The molecule has 0 bridgehead atoms. The largest absolute Gasteiger partial charge is 0.386 e. The van der Waals surface area contributed by atoms with Gasteiger partial charge in [-0.1, -0.05) is 90.9 Å². The topological polar surface area (TPSA) is 20.2 Å². The van der Waals surface area contributed by atoms with Gasteiger partial charge in [-0.05, 0) is 12.8 Å². The van der Waals surface area contributed by atoms with Gasteiger partial charge in [-0.25, -0.2) is 0 Å². The van der Waals surface area contributed by atoms with Crippen LogP contribution in [0.1, 0.15) is 104 Å². The highest BCUT2D eigenvalue weighted by Gasteiger charge is 2.18. The molecule has 2 heteroatoms. The Labute approximate surface area is 124 Å². The van der Waals surface area contributed by atoms with Gasteiger partial charge in [-0.15, -0.1) is 9.24 Å². The Morgan fingerprint density at radius 1 is 0.632 bits per heavy atom. The summed E-state index contributed by atoms with van der Waals surface area (Å²) in [4.78, 5) is 0. The smallest absolute Gasteiger partial charge is 0.0778 e. The van der Waals surface area contributed by atoms with Crippen LogP contribution in [0.5, 0.6) is 0 Å². The van der Waals surface area contributed by atoms with Crippen LogP contribution in [-0.2, 0) is 0 Å². The third-order valence-corrected chi connectivity index (χ3v) is 4.50. The molecule has 0 saturated heterocycles. The first-order chi connectivity index (χ1) is 9.12. The molecular formula is C17H37OP. The molecular weight excluding hydrogens is 251 g/mol. The van der Waals surface area contributed by atoms with Crippen molar-refractivity contribution in [3.63, 3.8) is 0 Å². The molecule has 1 nitrogen and oxygen atoms in total. The van der Waals surface area contributed by atoms with Gasteiger partial charge in [0.1, 0.15) is 0 Å². The number of rotatable bonds is 14. The predicted molar refractivity (Wildman–Crippen MR) is 90.6 cm³/mol. The van der Waals surface area contributed by atoms with E-state index in [0.717, 1.165) is 12.8 Å². The average Bonchev–Trinajstić information content (AvgIpc) is 2.38. The zero-order valence-electron chi connectivity index (χ0n) is 13.4. The third kappa shape index (κ3) is 14.6. The van der Waals surface area contributed by atoms with Crippen molar-refractivity contribution in [1.29, 1.82) is 0 Å². The van der Waals surface area contributed by atoms with Gasteiger partial charge in [0.15, 0.2) is 0 Å². The number of aliphatic hydroxyl groups is 1. The molecule has 0 aromatic rings. The van der Waals surface area contributed by atoms with Crippen LogP contribution < -0.4 is 0 Å². The Morgan fingerprint density at radius 3 is 1.32 bits per heavy atom. The van der Waals surface area contributed by atoms with Crippen molar-refractivity contribution in [3.8, 4) is 0 Å². The molecule has 19 heavy (non-hydrogen) atoms. The van der Waals surface area contributed by atoms with Crippen molar-refractivity contribution in [2.24, 2.45) is 0 Å². The second-order valence-electron chi connectivity index (χ2n) is 6.14. The van der Waals surface area contributed by atoms with E-state index in [0.29, 0.717) is 0 Å². The molecule has 0 aromatic heterocycles. The summed E-state index contributed by atoms with van der Waals surface area (Å²) >= 11 is 0. The van der Waals surface area contributed by atoms with E-state index in [1.807, 2.05) is 0 Å². The third-order valence-electron chi connectivity index (χ3n) is 3.93. The molecule has 0 heterocycles. The van der Waals surface area contributed by atoms with Gasteiger partial charge < -0.3 is 5.11 Å². The van der Waals surface area contributed by atoms with Crippen LogP contribution in [0.4, 0.5) is 0 Å². The molecule has 0 aliphatic heterocycles. The molecule has 0 amide bonds. The lowest BCUT2D eigenvalue weighted by Gasteiger charge is -2.23. The minimum Gasteiger partial charge on any atom is -0.386 e. The van der Waals surface area contributed by atoms with E-state index in [4.69, 9.17) is 0 Å². The maximum atomic E-state index is 10.3. The van der Waals surface area contributed by atoms with E-state index in [2.05, 4.69) is 23.1 Å². The zero-order valence-corrected chi connectivity index (χ0v) is 14.6. The second-order valence-corrected chi connectivity index (χ2v) is 7.21. The van der Waals surface area contributed by atoms with Crippen molar-refractivity contribution in [1.82, 2.24) is 0 Å². The summed E-state index contributed by atoms with van der Waals surface area (Å²) in [7, 11) is 2.69. The highest BCUT2D eigenvalue weighted by atomic mass is 31.0. The molecule has 0 aliphatic carbocycles. The minimum atomic E-state index is -0.491. The van der Waals surface area contributed by atoms with Gasteiger partial charge in [0.25, 0.3) is 0 Å². The molecule has 0 radical (unpaired) electrons. The van der Waals surface area contributed by atoms with E-state index >= 15 is 0 Å². The standard InChI is InChI=1S/C17H37OP/c1-3-5-7-9-11-13-15-17(18,19)16-14-12-10-8-6-4-2/h18H,3-16,19H2,1-2H3. The SMILES string of the molecule is CCCCCCCCC(O)(P)CCCCCCCC. The average molecular weight is 288 g/mol. The molecule has 0 saturated carbocycles. The number of unbranched alkanes of at least 4 members (excludes halogenated alkanes) is 10. The van der Waals surface area contributed by atoms with Crippen LogP contribution >= 0.6 is 9.24 Å². The fraction of sp³-hybridized carbons (Fsp3) is 1.00. The Balaban J connectivity index is 3.36. The van der Waals surface area contributed by atoms with Crippen molar-refractivity contribution in [3.05, 3.63) is 0 Å². The second kappa shape index (κ2) is 13.4. The van der Waals surface area contributed by atoms with E-state index in [1.165, 1.54) is 77.0 Å². The molecule has 1 atom stereocenters. The van der Waals surface area contributed by atoms with Gasteiger partial charge in [-0.3, -0.25) is 0 Å². The summed E-state index contributed by atoms with van der Waals surface area (Å²) in [5, 5.41) is 9.79. The van der Waals surface area contributed by atoms with Crippen molar-refractivity contribution >= 4 is 9.24 Å². The monoisotopic (exact) mass is 288 g/mol. The minimum absolute atomic E-state index is 0.491. The Hall–Kier alpha value is 0.390. The first-order valence-electron chi connectivity index (χ1n) is 8.63. The Bertz CT molecular complexity index is 162. The van der Waals surface area contributed by atoms with Crippen LogP contribution in [0, 0.1) is 0 Å². The highest BCUT2D eigenvalue weighted by Crippen LogP contribution is 2.29. The molecule has 0 spiro atoms. The normalized spacial score (nSPS) is 12.0. The van der Waals surface area contributed by atoms with Crippen molar-refractivity contribution < 1.29 is 5.11 Å². The summed E-state index contributed by atoms with van der Waals surface area (Å²) in [6, 6.07) is 0. The summed E-state index contributed by atoms with van der Waals surface area (Å²) in [6.45, 7) is 4.50. The van der Waals surface area contributed by atoms with Crippen molar-refractivity contribution in [2.45, 2.75) is 109 Å².